The fourth-order valence-corrected chi connectivity index (χ4v) is 3.40. The number of fused-ring (bicyclic) bond motifs is 1. The second-order valence-corrected chi connectivity index (χ2v) is 8.56. The molecular formula is C24H22FN5O4. The van der Waals surface area contributed by atoms with Crippen molar-refractivity contribution in [2.45, 2.75) is 26.4 Å². The van der Waals surface area contributed by atoms with Gasteiger partial charge >= 0.3 is 12.2 Å². The van der Waals surface area contributed by atoms with Crippen LogP contribution in [-0.4, -0.2) is 49.5 Å². The average molecular weight is 463 g/mol. The normalized spacial score (nSPS) is 11.4. The Morgan fingerprint density at radius 1 is 1.12 bits per heavy atom. The predicted molar refractivity (Wildman–Crippen MR) is 124 cm³/mol. The number of halogens is 1. The van der Waals surface area contributed by atoms with Crippen LogP contribution < -0.4 is 4.90 Å². The van der Waals surface area contributed by atoms with Crippen LogP contribution in [0.2, 0.25) is 0 Å². The molecule has 0 aliphatic heterocycles. The van der Waals surface area contributed by atoms with E-state index in [1.165, 1.54) is 29.6 Å². The molecule has 0 fully saturated rings. The van der Waals surface area contributed by atoms with Crippen molar-refractivity contribution in [1.29, 1.82) is 0 Å². The molecule has 0 aromatic carbocycles. The van der Waals surface area contributed by atoms with Gasteiger partial charge in [-0.2, -0.15) is 4.39 Å². The molecule has 0 atom stereocenters. The molecule has 9 nitrogen and oxygen atoms in total. The Labute approximate surface area is 194 Å². The Hall–Kier alpha value is -4.34. The van der Waals surface area contributed by atoms with E-state index >= 15 is 4.39 Å². The Morgan fingerprint density at radius 3 is 2.50 bits per heavy atom. The van der Waals surface area contributed by atoms with Gasteiger partial charge in [0.1, 0.15) is 11.4 Å². The highest BCUT2D eigenvalue weighted by atomic mass is 19.1. The lowest BCUT2D eigenvalue weighted by molar-refractivity contribution is 0.0588. The van der Waals surface area contributed by atoms with Crippen molar-refractivity contribution in [1.82, 2.24) is 19.5 Å². The van der Waals surface area contributed by atoms with E-state index in [0.29, 0.717) is 28.0 Å². The first-order valence-electron chi connectivity index (χ1n) is 10.3. The topological polar surface area (TPSA) is 110 Å². The van der Waals surface area contributed by atoms with Crippen molar-refractivity contribution in [3.63, 3.8) is 0 Å². The van der Waals surface area contributed by atoms with E-state index in [-0.39, 0.29) is 11.3 Å². The molecule has 0 saturated carbocycles. The summed E-state index contributed by atoms with van der Waals surface area (Å²) in [7, 11) is 1.54. The zero-order chi connectivity index (χ0) is 24.6. The summed E-state index contributed by atoms with van der Waals surface area (Å²) in [5, 5.41) is 10.3. The maximum absolute atomic E-state index is 15.0. The Kier molecular flexibility index (Phi) is 5.74. The molecule has 0 saturated heterocycles. The minimum atomic E-state index is -1.25. The zero-order valence-electron chi connectivity index (χ0n) is 19.0. The predicted octanol–water partition coefficient (Wildman–Crippen LogP) is 5.20. The number of pyridine rings is 3. The lowest BCUT2D eigenvalue weighted by atomic mass is 10.1. The maximum Gasteiger partial charge on any atom is 0.416 e. The molecule has 1 amide bonds. The highest BCUT2D eigenvalue weighted by Gasteiger charge is 2.22. The Balaban J connectivity index is 1.64. The standard InChI is InChI=1S/C24H22FN5O4/c1-24(2,3)34-23(33)29(4)20-8-5-15(12-27-20)17-7-6-16(21(25)28-17)18-11-14-9-10-26-13-19(14)30(18)22(31)32/h5-13H,1-4H3,(H,31,32). The summed E-state index contributed by atoms with van der Waals surface area (Å²) in [6.07, 6.45) is 2.61. The molecule has 4 aromatic heterocycles. The number of amides is 1. The average Bonchev–Trinajstić information content (AvgIpc) is 3.17. The van der Waals surface area contributed by atoms with Crippen molar-refractivity contribution >= 4 is 28.9 Å². The number of hydrogen-bond acceptors (Lipinski definition) is 6. The SMILES string of the molecule is CN(C(=O)OC(C)(C)C)c1ccc(-c2ccc(-c3cc4ccncc4n3C(=O)O)c(F)n2)cn1. The molecule has 34 heavy (non-hydrogen) atoms. The number of rotatable bonds is 3. The van der Waals surface area contributed by atoms with E-state index in [9.17, 15) is 14.7 Å². The Bertz CT molecular complexity index is 1390. The first-order valence-corrected chi connectivity index (χ1v) is 10.3. The largest absolute Gasteiger partial charge is 0.464 e. The third-order valence-electron chi connectivity index (χ3n) is 4.98. The van der Waals surface area contributed by atoms with Crippen LogP contribution in [0, 0.1) is 5.95 Å². The van der Waals surface area contributed by atoms with Crippen LogP contribution in [0.4, 0.5) is 19.8 Å². The van der Waals surface area contributed by atoms with Gasteiger partial charge in [0.25, 0.3) is 0 Å². The molecular weight excluding hydrogens is 441 g/mol. The van der Waals surface area contributed by atoms with Gasteiger partial charge in [0.15, 0.2) is 0 Å². The first-order chi connectivity index (χ1) is 16.0. The van der Waals surface area contributed by atoms with Crippen LogP contribution in [0.15, 0.2) is 55.0 Å². The zero-order valence-corrected chi connectivity index (χ0v) is 19.0. The number of carbonyl (C=O) groups is 2. The van der Waals surface area contributed by atoms with Crippen LogP contribution in [0.3, 0.4) is 0 Å². The van der Waals surface area contributed by atoms with Gasteiger partial charge in [-0.3, -0.25) is 9.88 Å². The van der Waals surface area contributed by atoms with E-state index in [2.05, 4.69) is 15.0 Å². The van der Waals surface area contributed by atoms with Crippen molar-refractivity contribution < 1.29 is 23.8 Å². The van der Waals surface area contributed by atoms with Crippen molar-refractivity contribution in [3.8, 4) is 22.5 Å². The molecule has 0 aliphatic rings. The second-order valence-electron chi connectivity index (χ2n) is 8.56. The fraction of sp³-hybridized carbons (Fsp3) is 0.208. The van der Waals surface area contributed by atoms with Gasteiger partial charge in [0.2, 0.25) is 5.95 Å². The maximum atomic E-state index is 15.0. The molecule has 4 rings (SSSR count). The van der Waals surface area contributed by atoms with Gasteiger partial charge in [-0.25, -0.2) is 24.1 Å². The summed E-state index contributed by atoms with van der Waals surface area (Å²) in [4.78, 5) is 37.5. The van der Waals surface area contributed by atoms with E-state index in [4.69, 9.17) is 4.74 Å². The smallest absolute Gasteiger partial charge is 0.416 e. The second kappa shape index (κ2) is 8.54. The summed E-state index contributed by atoms with van der Waals surface area (Å²) < 4.78 is 21.3. The van der Waals surface area contributed by atoms with E-state index in [1.54, 1.807) is 58.2 Å². The third-order valence-corrected chi connectivity index (χ3v) is 4.98. The molecule has 4 aromatic rings. The highest BCUT2D eigenvalue weighted by molar-refractivity contribution is 5.95. The van der Waals surface area contributed by atoms with E-state index in [1.807, 2.05) is 0 Å². The van der Waals surface area contributed by atoms with Gasteiger partial charge < -0.3 is 9.84 Å². The molecule has 1 N–H and O–H groups in total. The molecule has 0 radical (unpaired) electrons. The van der Waals surface area contributed by atoms with Crippen molar-refractivity contribution in [2.75, 3.05) is 11.9 Å². The number of anilines is 1. The lowest BCUT2D eigenvalue weighted by Gasteiger charge is -2.24. The van der Waals surface area contributed by atoms with E-state index in [0.717, 1.165) is 4.57 Å². The summed E-state index contributed by atoms with van der Waals surface area (Å²) >= 11 is 0. The van der Waals surface area contributed by atoms with Gasteiger partial charge in [-0.15, -0.1) is 0 Å². The quantitative estimate of drug-likeness (QED) is 0.416. The van der Waals surface area contributed by atoms with Gasteiger partial charge in [0.05, 0.1) is 28.7 Å². The molecule has 10 heteroatoms. The fourth-order valence-electron chi connectivity index (χ4n) is 3.40. The third kappa shape index (κ3) is 4.42. The summed E-state index contributed by atoms with van der Waals surface area (Å²) in [5.74, 6) is -0.472. The highest BCUT2D eigenvalue weighted by Crippen LogP contribution is 2.31. The van der Waals surface area contributed by atoms with E-state index < -0.39 is 23.7 Å². The number of carbonyl (C=O) groups excluding carboxylic acids is 1. The van der Waals surface area contributed by atoms with Crippen molar-refractivity contribution in [3.05, 3.63) is 60.9 Å². The number of carboxylic acid groups (broad SMARTS) is 1. The summed E-state index contributed by atoms with van der Waals surface area (Å²) in [6, 6.07) is 9.54. The first kappa shape index (κ1) is 22.8. The van der Waals surface area contributed by atoms with Crippen LogP contribution in [-0.2, 0) is 4.74 Å². The van der Waals surface area contributed by atoms with Gasteiger partial charge in [-0.1, -0.05) is 0 Å². The number of nitrogens with zero attached hydrogens (tertiary/aromatic N) is 5. The number of hydrogen-bond donors (Lipinski definition) is 1. The number of aromatic nitrogens is 4. The molecule has 0 bridgehead atoms. The van der Waals surface area contributed by atoms with Crippen LogP contribution in [0.5, 0.6) is 0 Å². The van der Waals surface area contributed by atoms with Crippen LogP contribution in [0.1, 0.15) is 20.8 Å². The van der Waals surface area contributed by atoms with Crippen LogP contribution in [0.25, 0.3) is 33.4 Å². The minimum Gasteiger partial charge on any atom is -0.464 e. The summed E-state index contributed by atoms with van der Waals surface area (Å²) in [5.41, 5.74) is 0.727. The van der Waals surface area contributed by atoms with Crippen LogP contribution >= 0.6 is 0 Å². The van der Waals surface area contributed by atoms with Gasteiger partial charge in [-0.05, 0) is 57.2 Å². The Morgan fingerprint density at radius 2 is 1.88 bits per heavy atom. The number of ether oxygens (including phenoxy) is 1. The van der Waals surface area contributed by atoms with Gasteiger partial charge in [0, 0.05) is 30.4 Å². The van der Waals surface area contributed by atoms with Crippen molar-refractivity contribution in [2.24, 2.45) is 0 Å². The lowest BCUT2D eigenvalue weighted by Crippen LogP contribution is -2.34. The molecule has 0 aliphatic carbocycles. The summed E-state index contributed by atoms with van der Waals surface area (Å²) in [6.45, 7) is 5.31. The molecule has 0 spiro atoms. The molecule has 4 heterocycles. The molecule has 174 valence electrons. The monoisotopic (exact) mass is 463 g/mol. The minimum absolute atomic E-state index is 0.0385. The molecule has 0 unspecified atom stereocenters.